The lowest BCUT2D eigenvalue weighted by Crippen LogP contribution is -2.10. The topological polar surface area (TPSA) is 80.7 Å². The molecule has 5 heteroatoms. The predicted octanol–water partition coefficient (Wildman–Crippen LogP) is 1.80. The van der Waals surface area contributed by atoms with E-state index in [0.717, 1.165) is 0 Å². The lowest BCUT2D eigenvalue weighted by molar-refractivity contribution is -0.137. The number of carboxylic acids is 1. The molecule has 0 amide bonds. The Morgan fingerprint density at radius 2 is 1.79 bits per heavy atom. The highest BCUT2D eigenvalue weighted by Crippen LogP contribution is 2.19. The molecule has 0 heterocycles. The van der Waals surface area contributed by atoms with E-state index in [2.05, 4.69) is 4.74 Å². The maximum absolute atomic E-state index is 11.9. The van der Waals surface area contributed by atoms with Gasteiger partial charge in [0.15, 0.2) is 5.78 Å². The second kappa shape index (κ2) is 7.31. The Morgan fingerprint density at radius 1 is 1.16 bits per heavy atom. The van der Waals surface area contributed by atoms with Gasteiger partial charge in [-0.15, -0.1) is 0 Å². The zero-order chi connectivity index (χ0) is 14.3. The fraction of sp³-hybridized carbons (Fsp3) is 0.357. The highest BCUT2D eigenvalue weighted by Gasteiger charge is 2.17. The molecule has 102 valence electrons. The molecular formula is C14H16O5. The number of aliphatic carboxylic acids is 1. The van der Waals surface area contributed by atoms with Crippen molar-refractivity contribution in [2.45, 2.75) is 25.7 Å². The molecule has 0 radical (unpaired) electrons. The van der Waals surface area contributed by atoms with Crippen LogP contribution in [0.2, 0.25) is 0 Å². The average Bonchev–Trinajstić information content (AvgIpc) is 2.63. The molecule has 0 atom stereocenters. The van der Waals surface area contributed by atoms with Gasteiger partial charge in [-0.3, -0.25) is 9.59 Å². The molecule has 1 rings (SSSR count). The average molecular weight is 264 g/mol. The number of Topliss-reactive ketones (excluding diaryl/α,β-unsaturated/α-hetero) is 1. The second-order valence-corrected chi connectivity index (χ2v) is 4.11. The molecule has 0 saturated heterocycles. The highest BCUT2D eigenvalue weighted by atomic mass is 16.5. The van der Waals surface area contributed by atoms with E-state index in [-0.39, 0.29) is 25.0 Å². The first-order valence-electron chi connectivity index (χ1n) is 5.94. The number of esters is 1. The van der Waals surface area contributed by atoms with E-state index in [1.54, 1.807) is 24.3 Å². The summed E-state index contributed by atoms with van der Waals surface area (Å²) < 4.78 is 4.63. The van der Waals surface area contributed by atoms with Gasteiger partial charge < -0.3 is 9.84 Å². The molecular weight excluding hydrogens is 248 g/mol. The van der Waals surface area contributed by atoms with Gasteiger partial charge in [-0.05, 0) is 12.0 Å². The summed E-state index contributed by atoms with van der Waals surface area (Å²) in [5.41, 5.74) is 0.907. The predicted molar refractivity (Wildman–Crippen MR) is 68.4 cm³/mol. The standard InChI is InChI=1S/C14H16O5/c1-19-14(18)11-6-3-2-5-10(9-11)12(15)7-4-8-13(16)17/h2-3,5-6H,4,7-9H2,1H3,(H,16,17). The first-order valence-corrected chi connectivity index (χ1v) is 5.94. The van der Waals surface area contributed by atoms with E-state index in [0.29, 0.717) is 17.6 Å². The number of carbonyl (C=O) groups excluding carboxylic acids is 2. The monoisotopic (exact) mass is 264 g/mol. The summed E-state index contributed by atoms with van der Waals surface area (Å²) in [6.07, 6.45) is 7.26. The van der Waals surface area contributed by atoms with Crippen LogP contribution in [0.25, 0.3) is 0 Å². The Morgan fingerprint density at radius 3 is 2.37 bits per heavy atom. The first kappa shape index (κ1) is 14.9. The van der Waals surface area contributed by atoms with Crippen molar-refractivity contribution in [1.82, 2.24) is 0 Å². The Labute approximate surface area is 111 Å². The van der Waals surface area contributed by atoms with Crippen molar-refractivity contribution >= 4 is 17.7 Å². The van der Waals surface area contributed by atoms with Crippen LogP contribution in [0.3, 0.4) is 0 Å². The number of rotatable bonds is 6. The maximum atomic E-state index is 11.9. The zero-order valence-corrected chi connectivity index (χ0v) is 10.7. The minimum absolute atomic E-state index is 0.0332. The molecule has 0 aliphatic heterocycles. The van der Waals surface area contributed by atoms with Gasteiger partial charge in [-0.25, -0.2) is 4.79 Å². The van der Waals surface area contributed by atoms with Crippen molar-refractivity contribution in [2.24, 2.45) is 0 Å². The highest BCUT2D eigenvalue weighted by molar-refractivity contribution is 5.99. The Balaban J connectivity index is 2.63. The van der Waals surface area contributed by atoms with Crippen LogP contribution < -0.4 is 0 Å². The first-order chi connectivity index (χ1) is 9.04. The minimum Gasteiger partial charge on any atom is -0.481 e. The van der Waals surface area contributed by atoms with Gasteiger partial charge in [0.2, 0.25) is 0 Å². The van der Waals surface area contributed by atoms with E-state index < -0.39 is 11.9 Å². The molecule has 0 aromatic rings. The summed E-state index contributed by atoms with van der Waals surface area (Å²) in [7, 11) is 1.29. The van der Waals surface area contributed by atoms with Gasteiger partial charge in [0, 0.05) is 24.8 Å². The number of hydrogen-bond donors (Lipinski definition) is 1. The SMILES string of the molecule is COC(=O)C1=CC=CC=C(C(=O)CCCC(=O)O)C1. The molecule has 1 aliphatic carbocycles. The third-order valence-electron chi connectivity index (χ3n) is 2.69. The van der Waals surface area contributed by atoms with Gasteiger partial charge in [0.25, 0.3) is 0 Å². The molecule has 1 aliphatic rings. The number of allylic oxidation sites excluding steroid dienone is 5. The summed E-state index contributed by atoms with van der Waals surface area (Å²) in [4.78, 5) is 33.7. The van der Waals surface area contributed by atoms with Gasteiger partial charge in [0.05, 0.1) is 7.11 Å². The number of methoxy groups -OCH3 is 1. The summed E-state index contributed by atoms with van der Waals surface area (Å²) >= 11 is 0. The number of carbonyl (C=O) groups is 3. The fourth-order valence-electron chi connectivity index (χ4n) is 1.69. The van der Waals surface area contributed by atoms with Crippen LogP contribution in [0.5, 0.6) is 0 Å². The molecule has 0 aromatic heterocycles. The quantitative estimate of drug-likeness (QED) is 0.740. The van der Waals surface area contributed by atoms with E-state index in [1.165, 1.54) is 7.11 Å². The number of carboxylic acid groups (broad SMARTS) is 1. The number of ether oxygens (including phenoxy) is 1. The molecule has 0 spiro atoms. The second-order valence-electron chi connectivity index (χ2n) is 4.11. The molecule has 0 saturated carbocycles. The molecule has 5 nitrogen and oxygen atoms in total. The van der Waals surface area contributed by atoms with Crippen molar-refractivity contribution in [3.8, 4) is 0 Å². The molecule has 19 heavy (non-hydrogen) atoms. The minimum atomic E-state index is -0.919. The summed E-state index contributed by atoms with van der Waals surface area (Å²) in [5.74, 6) is -1.52. The maximum Gasteiger partial charge on any atom is 0.334 e. The van der Waals surface area contributed by atoms with E-state index in [4.69, 9.17) is 5.11 Å². The van der Waals surface area contributed by atoms with Crippen LogP contribution in [0.4, 0.5) is 0 Å². The van der Waals surface area contributed by atoms with Crippen LogP contribution in [0.15, 0.2) is 35.5 Å². The zero-order valence-electron chi connectivity index (χ0n) is 10.7. The van der Waals surface area contributed by atoms with Gasteiger partial charge in [0.1, 0.15) is 0 Å². The third kappa shape index (κ3) is 4.91. The molecule has 0 fully saturated rings. The molecule has 0 aromatic carbocycles. The lowest BCUT2D eigenvalue weighted by Gasteiger charge is -2.07. The van der Waals surface area contributed by atoms with Crippen LogP contribution in [-0.4, -0.2) is 29.9 Å². The van der Waals surface area contributed by atoms with Crippen molar-refractivity contribution in [3.63, 3.8) is 0 Å². The van der Waals surface area contributed by atoms with Crippen molar-refractivity contribution in [2.75, 3.05) is 7.11 Å². The smallest absolute Gasteiger partial charge is 0.334 e. The molecule has 0 bridgehead atoms. The van der Waals surface area contributed by atoms with Crippen LogP contribution in [0.1, 0.15) is 25.7 Å². The Kier molecular flexibility index (Phi) is 5.73. The van der Waals surface area contributed by atoms with Gasteiger partial charge >= 0.3 is 11.9 Å². The van der Waals surface area contributed by atoms with Crippen molar-refractivity contribution < 1.29 is 24.2 Å². The number of ketones is 1. The van der Waals surface area contributed by atoms with E-state index in [9.17, 15) is 14.4 Å². The van der Waals surface area contributed by atoms with Crippen molar-refractivity contribution in [3.05, 3.63) is 35.5 Å². The fourth-order valence-corrected chi connectivity index (χ4v) is 1.69. The summed E-state index contributed by atoms with van der Waals surface area (Å²) in [6.45, 7) is 0. The number of hydrogen-bond acceptors (Lipinski definition) is 4. The van der Waals surface area contributed by atoms with Crippen LogP contribution in [0, 0.1) is 0 Å². The lowest BCUT2D eigenvalue weighted by atomic mass is 9.99. The van der Waals surface area contributed by atoms with Crippen molar-refractivity contribution in [1.29, 1.82) is 0 Å². The van der Waals surface area contributed by atoms with E-state index >= 15 is 0 Å². The summed E-state index contributed by atoms with van der Waals surface area (Å²) in [5, 5.41) is 8.52. The molecule has 0 unspecified atom stereocenters. The largest absolute Gasteiger partial charge is 0.481 e. The van der Waals surface area contributed by atoms with Gasteiger partial charge in [-0.1, -0.05) is 24.3 Å². The Hall–Kier alpha value is -2.17. The van der Waals surface area contributed by atoms with Gasteiger partial charge in [-0.2, -0.15) is 0 Å². The van der Waals surface area contributed by atoms with Crippen LogP contribution >= 0.6 is 0 Å². The summed E-state index contributed by atoms with van der Waals surface area (Å²) in [6, 6.07) is 0. The third-order valence-corrected chi connectivity index (χ3v) is 2.69. The molecule has 1 N–H and O–H groups in total. The normalized spacial score (nSPS) is 14.2. The van der Waals surface area contributed by atoms with E-state index in [1.807, 2.05) is 0 Å². The van der Waals surface area contributed by atoms with Crippen LogP contribution in [-0.2, 0) is 19.1 Å². The Bertz CT molecular complexity index is 468.